The average Bonchev–Trinajstić information content (AvgIpc) is 3.12. The van der Waals surface area contributed by atoms with Gasteiger partial charge in [0, 0.05) is 10.3 Å². The summed E-state index contributed by atoms with van der Waals surface area (Å²) >= 11 is 0. The summed E-state index contributed by atoms with van der Waals surface area (Å²) in [4.78, 5) is 7.55. The second-order valence-electron chi connectivity index (χ2n) is 9.31. The number of nitrogens with zero attached hydrogens (tertiary/aromatic N) is 3. The Labute approximate surface area is 202 Å². The molecular formula is C30H33N3O. The highest BCUT2D eigenvalue weighted by Gasteiger charge is 2.42. The molecular weight excluding hydrogens is 418 g/mol. The number of hydrogen-bond donors (Lipinski definition) is 0. The maximum Gasteiger partial charge on any atom is 0.136 e. The number of aryl methyl sites for hydroxylation is 1. The van der Waals surface area contributed by atoms with E-state index in [1.165, 1.54) is 71.9 Å². The van der Waals surface area contributed by atoms with Crippen molar-refractivity contribution < 1.29 is 4.84 Å². The van der Waals surface area contributed by atoms with Crippen LogP contribution in [0.2, 0.25) is 0 Å². The standard InChI is InChI=1S/C30H33N3O/c1-4-6-18-30(19-7-5-2)28-20-22(3)8-16-26(28)27-17-13-24(21-29(27)30)10-9-23-11-14-25(15-12-23)34-33-32-31/h8-17,20-21H,4-7,18-19H2,1-3H3/b10-9+. The van der Waals surface area contributed by atoms with E-state index in [4.69, 9.17) is 10.4 Å². The zero-order chi connectivity index (χ0) is 24.0. The summed E-state index contributed by atoms with van der Waals surface area (Å²) in [5, 5.41) is 3.14. The number of fused-ring (bicyclic) bond motifs is 3. The lowest BCUT2D eigenvalue weighted by atomic mass is 9.70. The zero-order valence-corrected chi connectivity index (χ0v) is 20.4. The van der Waals surface area contributed by atoms with Gasteiger partial charge in [-0.15, -0.1) is 0 Å². The summed E-state index contributed by atoms with van der Waals surface area (Å²) in [6.45, 7) is 6.80. The van der Waals surface area contributed by atoms with Gasteiger partial charge in [-0.2, -0.15) is 0 Å². The monoisotopic (exact) mass is 451 g/mol. The van der Waals surface area contributed by atoms with Crippen LogP contribution in [0.25, 0.3) is 33.7 Å². The van der Waals surface area contributed by atoms with Crippen molar-refractivity contribution in [2.24, 2.45) is 5.28 Å². The molecule has 0 atom stereocenters. The topological polar surface area (TPSA) is 58.0 Å². The molecule has 0 N–H and O–H groups in total. The van der Waals surface area contributed by atoms with Crippen LogP contribution in [-0.2, 0) is 5.41 Å². The molecule has 0 amide bonds. The molecule has 174 valence electrons. The van der Waals surface area contributed by atoms with Gasteiger partial charge in [0.25, 0.3) is 0 Å². The summed E-state index contributed by atoms with van der Waals surface area (Å²) in [6, 6.07) is 21.5. The Hall–Kier alpha value is -3.49. The van der Waals surface area contributed by atoms with Gasteiger partial charge in [0.05, 0.1) is 0 Å². The largest absolute Gasteiger partial charge is 0.394 e. The summed E-state index contributed by atoms with van der Waals surface area (Å²) < 4.78 is 0. The van der Waals surface area contributed by atoms with Gasteiger partial charge < -0.3 is 4.84 Å². The van der Waals surface area contributed by atoms with Gasteiger partial charge in [-0.25, -0.2) is 0 Å². The summed E-state index contributed by atoms with van der Waals surface area (Å²) in [6.07, 6.45) is 11.6. The van der Waals surface area contributed by atoms with Crippen molar-refractivity contribution >= 4 is 12.2 Å². The third-order valence-electron chi connectivity index (χ3n) is 6.99. The predicted octanol–water partition coefficient (Wildman–Crippen LogP) is 9.42. The lowest BCUT2D eigenvalue weighted by Gasteiger charge is -2.33. The van der Waals surface area contributed by atoms with Crippen LogP contribution in [0.15, 0.2) is 65.9 Å². The number of unbranched alkanes of at least 4 members (excludes halogenated alkanes) is 2. The van der Waals surface area contributed by atoms with E-state index in [1.54, 1.807) is 12.1 Å². The van der Waals surface area contributed by atoms with Gasteiger partial charge in [0.1, 0.15) is 11.0 Å². The van der Waals surface area contributed by atoms with E-state index in [1.807, 2.05) is 12.1 Å². The summed E-state index contributed by atoms with van der Waals surface area (Å²) in [5.74, 6) is 0.525. The second-order valence-corrected chi connectivity index (χ2v) is 9.31. The van der Waals surface area contributed by atoms with E-state index in [0.717, 1.165) is 5.56 Å². The van der Waals surface area contributed by atoms with Gasteiger partial charge in [-0.05, 0) is 70.8 Å². The third kappa shape index (κ3) is 4.73. The van der Waals surface area contributed by atoms with Crippen LogP contribution in [0.3, 0.4) is 0 Å². The van der Waals surface area contributed by atoms with E-state index in [2.05, 4.69) is 79.5 Å². The van der Waals surface area contributed by atoms with Crippen LogP contribution in [-0.4, -0.2) is 0 Å². The van der Waals surface area contributed by atoms with Gasteiger partial charge in [-0.3, -0.25) is 0 Å². The maximum atomic E-state index is 8.38. The minimum atomic E-state index is 0.104. The highest BCUT2D eigenvalue weighted by atomic mass is 16.6. The van der Waals surface area contributed by atoms with Crippen molar-refractivity contribution in [3.05, 3.63) is 98.9 Å². The molecule has 34 heavy (non-hydrogen) atoms. The fourth-order valence-electron chi connectivity index (χ4n) is 5.25. The Kier molecular flexibility index (Phi) is 7.40. The molecule has 0 aliphatic heterocycles. The molecule has 0 fully saturated rings. The highest BCUT2D eigenvalue weighted by molar-refractivity contribution is 5.83. The molecule has 4 heteroatoms. The van der Waals surface area contributed by atoms with Crippen LogP contribution in [0.5, 0.6) is 5.75 Å². The van der Waals surface area contributed by atoms with Crippen LogP contribution in [0.4, 0.5) is 0 Å². The average molecular weight is 452 g/mol. The van der Waals surface area contributed by atoms with E-state index in [9.17, 15) is 0 Å². The lowest BCUT2D eigenvalue weighted by Crippen LogP contribution is -2.25. The van der Waals surface area contributed by atoms with Gasteiger partial charge in [-0.1, -0.05) is 106 Å². The Morgan fingerprint density at radius 3 is 2.06 bits per heavy atom. The molecule has 4 nitrogen and oxygen atoms in total. The minimum absolute atomic E-state index is 0.104. The molecule has 0 aromatic heterocycles. The predicted molar refractivity (Wildman–Crippen MR) is 142 cm³/mol. The first-order valence-corrected chi connectivity index (χ1v) is 12.4. The summed E-state index contributed by atoms with van der Waals surface area (Å²) in [7, 11) is 0. The smallest absolute Gasteiger partial charge is 0.136 e. The first-order valence-electron chi connectivity index (χ1n) is 12.4. The van der Waals surface area contributed by atoms with Gasteiger partial charge in [0.15, 0.2) is 0 Å². The lowest BCUT2D eigenvalue weighted by molar-refractivity contribution is 0.333. The molecule has 0 saturated heterocycles. The van der Waals surface area contributed by atoms with Crippen LogP contribution < -0.4 is 4.84 Å². The number of hydrogen-bond acceptors (Lipinski definition) is 2. The van der Waals surface area contributed by atoms with Crippen LogP contribution in [0, 0.1) is 6.92 Å². The molecule has 3 aromatic rings. The van der Waals surface area contributed by atoms with Crippen LogP contribution >= 0.6 is 0 Å². The Balaban J connectivity index is 1.71. The molecule has 1 aliphatic rings. The molecule has 0 radical (unpaired) electrons. The summed E-state index contributed by atoms with van der Waals surface area (Å²) in [5.41, 5.74) is 18.0. The molecule has 0 unspecified atom stereocenters. The van der Waals surface area contributed by atoms with Crippen molar-refractivity contribution in [1.29, 1.82) is 0 Å². The van der Waals surface area contributed by atoms with E-state index >= 15 is 0 Å². The molecule has 4 rings (SSSR count). The van der Waals surface area contributed by atoms with Crippen molar-refractivity contribution in [2.45, 2.75) is 64.7 Å². The fraction of sp³-hybridized carbons (Fsp3) is 0.333. The minimum Gasteiger partial charge on any atom is -0.394 e. The van der Waals surface area contributed by atoms with E-state index in [-0.39, 0.29) is 5.41 Å². The van der Waals surface area contributed by atoms with Crippen LogP contribution in [0.1, 0.15) is 80.2 Å². The van der Waals surface area contributed by atoms with Crippen molar-refractivity contribution in [1.82, 2.24) is 0 Å². The van der Waals surface area contributed by atoms with E-state index < -0.39 is 0 Å². The molecule has 0 heterocycles. The van der Waals surface area contributed by atoms with Gasteiger partial charge >= 0.3 is 0 Å². The highest BCUT2D eigenvalue weighted by Crippen LogP contribution is 2.54. The van der Waals surface area contributed by atoms with Crippen molar-refractivity contribution in [2.75, 3.05) is 0 Å². The Bertz CT molecular complexity index is 1210. The zero-order valence-electron chi connectivity index (χ0n) is 20.4. The molecule has 0 saturated carbocycles. The van der Waals surface area contributed by atoms with Gasteiger partial charge in [0.2, 0.25) is 0 Å². The number of benzene rings is 3. The molecule has 0 bridgehead atoms. The maximum absolute atomic E-state index is 8.38. The first-order chi connectivity index (χ1) is 16.6. The second kappa shape index (κ2) is 10.6. The number of rotatable bonds is 10. The fourth-order valence-corrected chi connectivity index (χ4v) is 5.25. The normalized spacial score (nSPS) is 13.4. The molecule has 1 aliphatic carbocycles. The van der Waals surface area contributed by atoms with Crippen molar-refractivity contribution in [3.63, 3.8) is 0 Å². The van der Waals surface area contributed by atoms with E-state index in [0.29, 0.717) is 5.75 Å². The first kappa shape index (κ1) is 23.7. The number of azide groups is 1. The molecule has 3 aromatic carbocycles. The Morgan fingerprint density at radius 1 is 0.824 bits per heavy atom. The Morgan fingerprint density at radius 2 is 1.41 bits per heavy atom. The molecule has 0 spiro atoms. The SMILES string of the molecule is CCCCC1(CCCC)c2cc(C)ccc2-c2ccc(/C=C/c3ccc(ON=[N+]=[N-])cc3)cc21. The van der Waals surface area contributed by atoms with Crippen molar-refractivity contribution in [3.8, 4) is 16.9 Å². The third-order valence-corrected chi connectivity index (χ3v) is 6.99. The quantitative estimate of drug-likeness (QED) is 0.0995.